The zero-order valence-corrected chi connectivity index (χ0v) is 11.8. The minimum Gasteiger partial charge on any atom is -0.409 e. The number of benzene rings is 2. The van der Waals surface area contributed by atoms with Crippen LogP contribution in [0.15, 0.2) is 59.8 Å². The first-order valence-electron chi connectivity index (χ1n) is 6.20. The van der Waals surface area contributed by atoms with E-state index in [4.69, 9.17) is 22.5 Å². The minimum atomic E-state index is -0.879. The van der Waals surface area contributed by atoms with Crippen LogP contribution in [-0.4, -0.2) is 17.0 Å². The van der Waals surface area contributed by atoms with Gasteiger partial charge in [-0.3, -0.25) is 4.79 Å². The largest absolute Gasteiger partial charge is 0.409 e. The highest BCUT2D eigenvalue weighted by atomic mass is 35.5. The zero-order valence-electron chi connectivity index (χ0n) is 11.0. The fraction of sp³-hybridized carbons (Fsp3) is 0.0667. The van der Waals surface area contributed by atoms with Crippen LogP contribution in [0.4, 0.5) is 5.69 Å². The highest BCUT2D eigenvalue weighted by Gasteiger charge is 2.25. The number of carbonyl (C=O) groups excluding carboxylic acids is 1. The topological polar surface area (TPSA) is 87.7 Å². The molecule has 5 nitrogen and oxygen atoms in total. The van der Waals surface area contributed by atoms with Gasteiger partial charge in [-0.2, -0.15) is 0 Å². The van der Waals surface area contributed by atoms with Crippen molar-refractivity contribution >= 4 is 29.0 Å². The Bertz CT molecular complexity index is 659. The summed E-state index contributed by atoms with van der Waals surface area (Å²) in [7, 11) is 0. The number of rotatable bonds is 4. The molecule has 2 aromatic carbocycles. The Hall–Kier alpha value is -2.53. The van der Waals surface area contributed by atoms with Crippen LogP contribution in [0.5, 0.6) is 0 Å². The first-order valence-corrected chi connectivity index (χ1v) is 6.58. The molecular formula is C15H14ClN3O2. The monoisotopic (exact) mass is 303 g/mol. The lowest BCUT2D eigenvalue weighted by Gasteiger charge is -2.16. The van der Waals surface area contributed by atoms with E-state index in [1.54, 1.807) is 48.5 Å². The molecule has 2 rings (SSSR count). The molecule has 108 valence electrons. The van der Waals surface area contributed by atoms with Gasteiger partial charge in [-0.1, -0.05) is 53.2 Å². The summed E-state index contributed by atoms with van der Waals surface area (Å²) >= 11 is 5.87. The van der Waals surface area contributed by atoms with Crippen LogP contribution in [0.2, 0.25) is 5.02 Å². The van der Waals surface area contributed by atoms with Crippen molar-refractivity contribution < 1.29 is 10.0 Å². The van der Waals surface area contributed by atoms with E-state index >= 15 is 0 Å². The van der Waals surface area contributed by atoms with E-state index in [2.05, 4.69) is 10.5 Å². The number of hydrogen-bond acceptors (Lipinski definition) is 3. The van der Waals surface area contributed by atoms with E-state index in [1.807, 2.05) is 6.07 Å². The highest BCUT2D eigenvalue weighted by Crippen LogP contribution is 2.20. The Morgan fingerprint density at radius 2 is 1.90 bits per heavy atom. The lowest BCUT2D eigenvalue weighted by Crippen LogP contribution is -2.32. The molecule has 0 aliphatic heterocycles. The summed E-state index contributed by atoms with van der Waals surface area (Å²) in [5.41, 5.74) is 6.82. The van der Waals surface area contributed by atoms with Gasteiger partial charge in [-0.15, -0.1) is 0 Å². The van der Waals surface area contributed by atoms with E-state index < -0.39 is 11.8 Å². The van der Waals surface area contributed by atoms with Gasteiger partial charge in [0, 0.05) is 10.7 Å². The zero-order chi connectivity index (χ0) is 15.2. The summed E-state index contributed by atoms with van der Waals surface area (Å²) in [6.07, 6.45) is 0. The van der Waals surface area contributed by atoms with Crippen LogP contribution in [0.25, 0.3) is 0 Å². The summed E-state index contributed by atoms with van der Waals surface area (Å²) in [6.45, 7) is 0. The second kappa shape index (κ2) is 6.76. The molecule has 1 unspecified atom stereocenters. The average Bonchev–Trinajstić information content (AvgIpc) is 2.48. The van der Waals surface area contributed by atoms with E-state index in [1.165, 1.54) is 0 Å². The number of hydrogen-bond donors (Lipinski definition) is 3. The number of nitrogens with one attached hydrogen (secondary N) is 1. The highest BCUT2D eigenvalue weighted by molar-refractivity contribution is 6.31. The minimum absolute atomic E-state index is 0.180. The van der Waals surface area contributed by atoms with Gasteiger partial charge in [0.1, 0.15) is 5.92 Å². The third-order valence-electron chi connectivity index (χ3n) is 2.90. The summed E-state index contributed by atoms with van der Waals surface area (Å²) < 4.78 is 0. The maximum Gasteiger partial charge on any atom is 0.239 e. The van der Waals surface area contributed by atoms with Gasteiger partial charge in [0.2, 0.25) is 5.91 Å². The number of carbonyl (C=O) groups is 1. The van der Waals surface area contributed by atoms with Crippen molar-refractivity contribution in [3.63, 3.8) is 0 Å². The SMILES string of the molecule is NC(=NO)C(C(=O)Nc1cccc(Cl)c1)c1ccccc1. The summed E-state index contributed by atoms with van der Waals surface area (Å²) in [5.74, 6) is -1.46. The standard InChI is InChI=1S/C15H14ClN3O2/c16-11-7-4-8-12(9-11)18-15(20)13(14(17)19-21)10-5-2-1-3-6-10/h1-9,13,21H,(H2,17,19)(H,18,20). The smallest absolute Gasteiger partial charge is 0.239 e. The van der Waals surface area contributed by atoms with E-state index in [0.29, 0.717) is 16.3 Å². The van der Waals surface area contributed by atoms with Crippen LogP contribution in [0, 0.1) is 0 Å². The average molecular weight is 304 g/mol. The second-order valence-electron chi connectivity index (χ2n) is 4.37. The first-order chi connectivity index (χ1) is 10.1. The predicted molar refractivity (Wildman–Crippen MR) is 82.7 cm³/mol. The van der Waals surface area contributed by atoms with Crippen molar-refractivity contribution in [1.82, 2.24) is 0 Å². The molecule has 0 bridgehead atoms. The lowest BCUT2D eigenvalue weighted by molar-refractivity contribution is -0.116. The molecule has 0 saturated carbocycles. The van der Waals surface area contributed by atoms with Gasteiger partial charge < -0.3 is 16.3 Å². The molecule has 4 N–H and O–H groups in total. The van der Waals surface area contributed by atoms with Gasteiger partial charge in [0.25, 0.3) is 0 Å². The number of amides is 1. The molecule has 2 aromatic rings. The quantitative estimate of drug-likeness (QED) is 0.351. The van der Waals surface area contributed by atoms with E-state index in [0.717, 1.165) is 0 Å². The van der Waals surface area contributed by atoms with Crippen molar-refractivity contribution in [2.45, 2.75) is 5.92 Å². The molecule has 0 aliphatic rings. The molecule has 0 aliphatic carbocycles. The van der Waals surface area contributed by atoms with Crippen LogP contribution in [0.1, 0.15) is 11.5 Å². The van der Waals surface area contributed by atoms with Crippen molar-refractivity contribution in [2.75, 3.05) is 5.32 Å². The molecule has 21 heavy (non-hydrogen) atoms. The molecular weight excluding hydrogens is 290 g/mol. The van der Waals surface area contributed by atoms with Crippen molar-refractivity contribution in [3.8, 4) is 0 Å². The number of nitrogens with zero attached hydrogens (tertiary/aromatic N) is 1. The molecule has 1 amide bonds. The first kappa shape index (κ1) is 14.9. The predicted octanol–water partition coefficient (Wildman–Crippen LogP) is 2.81. The molecule has 6 heteroatoms. The number of nitrogens with two attached hydrogens (primary N) is 1. The fourth-order valence-electron chi connectivity index (χ4n) is 1.94. The van der Waals surface area contributed by atoms with Gasteiger partial charge in [-0.05, 0) is 23.8 Å². The number of oxime groups is 1. The maximum absolute atomic E-state index is 12.4. The van der Waals surface area contributed by atoms with Gasteiger partial charge in [-0.25, -0.2) is 0 Å². The van der Waals surface area contributed by atoms with Gasteiger partial charge in [0.05, 0.1) is 0 Å². The number of anilines is 1. The van der Waals surface area contributed by atoms with Crippen LogP contribution >= 0.6 is 11.6 Å². The van der Waals surface area contributed by atoms with Crippen LogP contribution in [0.3, 0.4) is 0 Å². The Labute approximate surface area is 127 Å². The molecule has 0 heterocycles. The third kappa shape index (κ3) is 3.73. The van der Waals surface area contributed by atoms with Crippen molar-refractivity contribution in [1.29, 1.82) is 0 Å². The Morgan fingerprint density at radius 1 is 1.19 bits per heavy atom. The van der Waals surface area contributed by atoms with E-state index in [9.17, 15) is 4.79 Å². The second-order valence-corrected chi connectivity index (χ2v) is 4.80. The van der Waals surface area contributed by atoms with Crippen molar-refractivity contribution in [3.05, 3.63) is 65.2 Å². The molecule has 0 fully saturated rings. The lowest BCUT2D eigenvalue weighted by atomic mass is 9.97. The fourth-order valence-corrected chi connectivity index (χ4v) is 2.13. The van der Waals surface area contributed by atoms with Gasteiger partial charge >= 0.3 is 0 Å². The Balaban J connectivity index is 2.27. The normalized spacial score (nSPS) is 12.7. The molecule has 0 saturated heterocycles. The van der Waals surface area contributed by atoms with Crippen LogP contribution < -0.4 is 11.1 Å². The molecule has 1 atom stereocenters. The van der Waals surface area contributed by atoms with E-state index in [-0.39, 0.29) is 5.84 Å². The third-order valence-corrected chi connectivity index (χ3v) is 3.13. The molecule has 0 aromatic heterocycles. The summed E-state index contributed by atoms with van der Waals surface area (Å²) in [5, 5.41) is 15.0. The number of amidine groups is 1. The van der Waals surface area contributed by atoms with Crippen molar-refractivity contribution in [2.24, 2.45) is 10.9 Å². The molecule has 0 spiro atoms. The number of halogens is 1. The van der Waals surface area contributed by atoms with Crippen LogP contribution in [-0.2, 0) is 4.79 Å². The summed E-state index contributed by atoms with van der Waals surface area (Å²) in [4.78, 5) is 12.4. The Kier molecular flexibility index (Phi) is 4.79. The summed E-state index contributed by atoms with van der Waals surface area (Å²) in [6, 6.07) is 15.6. The molecule has 0 radical (unpaired) electrons. The van der Waals surface area contributed by atoms with Gasteiger partial charge in [0.15, 0.2) is 5.84 Å². The maximum atomic E-state index is 12.4. The Morgan fingerprint density at radius 3 is 2.52 bits per heavy atom.